The molecule has 2 nitrogen and oxygen atoms in total. The van der Waals surface area contributed by atoms with Crippen LogP contribution in [0.1, 0.15) is 78.1 Å². The summed E-state index contributed by atoms with van der Waals surface area (Å²) in [6.45, 7) is 7.74. The van der Waals surface area contributed by atoms with Crippen molar-refractivity contribution in [2.45, 2.75) is 83.7 Å². The zero-order chi connectivity index (χ0) is 14.6. The molecule has 0 radical (unpaired) electrons. The molecular weight excluding hydrogens is 248 g/mol. The van der Waals surface area contributed by atoms with E-state index in [1.165, 1.54) is 51.4 Å². The van der Waals surface area contributed by atoms with Gasteiger partial charge in [0.1, 0.15) is 5.60 Å². The van der Waals surface area contributed by atoms with Gasteiger partial charge in [-0.3, -0.25) is 0 Å². The van der Waals surface area contributed by atoms with Gasteiger partial charge in [0, 0.05) is 11.5 Å². The van der Waals surface area contributed by atoms with Gasteiger partial charge >= 0.3 is 5.97 Å². The first-order valence-corrected chi connectivity index (χ1v) is 8.48. The molecule has 0 aromatic heterocycles. The largest absolute Gasteiger partial charge is 0.455 e. The first-order valence-electron chi connectivity index (χ1n) is 8.48. The maximum absolute atomic E-state index is 12.1. The zero-order valence-corrected chi connectivity index (χ0v) is 13.2. The fourth-order valence-corrected chi connectivity index (χ4v) is 4.30. The zero-order valence-electron chi connectivity index (χ0n) is 13.2. The summed E-state index contributed by atoms with van der Waals surface area (Å²) in [7, 11) is 0. The molecule has 3 atom stereocenters. The number of fused-ring (bicyclic) bond motifs is 1. The second-order valence-corrected chi connectivity index (χ2v) is 6.88. The third kappa shape index (κ3) is 3.27. The molecule has 0 N–H and O–H groups in total. The molecule has 2 fully saturated rings. The summed E-state index contributed by atoms with van der Waals surface area (Å²) < 4.78 is 6.02. The van der Waals surface area contributed by atoms with Gasteiger partial charge in [-0.15, -0.1) is 0 Å². The Morgan fingerprint density at radius 3 is 2.75 bits per heavy atom. The molecule has 0 spiro atoms. The van der Waals surface area contributed by atoms with Crippen molar-refractivity contribution in [3.63, 3.8) is 0 Å². The van der Waals surface area contributed by atoms with Gasteiger partial charge in [-0.25, -0.2) is 4.79 Å². The summed E-state index contributed by atoms with van der Waals surface area (Å²) in [4.78, 5) is 12.1. The highest BCUT2D eigenvalue weighted by Gasteiger charge is 2.52. The third-order valence-corrected chi connectivity index (χ3v) is 5.37. The molecule has 0 aromatic carbocycles. The van der Waals surface area contributed by atoms with Crippen molar-refractivity contribution in [2.24, 2.45) is 11.8 Å². The number of unbranched alkanes of at least 4 members (excludes halogenated alkanes) is 3. The summed E-state index contributed by atoms with van der Waals surface area (Å²) in [5.41, 5.74) is 0.379. The molecule has 114 valence electrons. The predicted molar refractivity (Wildman–Crippen MR) is 82.5 cm³/mol. The van der Waals surface area contributed by atoms with E-state index in [1.807, 2.05) is 0 Å². The Labute approximate surface area is 124 Å². The Morgan fingerprint density at radius 1 is 1.25 bits per heavy atom. The lowest BCUT2D eigenvalue weighted by Gasteiger charge is -2.35. The molecule has 0 aromatic rings. The Kier molecular flexibility index (Phi) is 5.29. The number of carbonyl (C=O) groups is 1. The van der Waals surface area contributed by atoms with E-state index in [0.29, 0.717) is 11.5 Å². The summed E-state index contributed by atoms with van der Waals surface area (Å²) in [6, 6.07) is 0. The van der Waals surface area contributed by atoms with E-state index >= 15 is 0 Å². The summed E-state index contributed by atoms with van der Waals surface area (Å²) in [5.74, 6) is 1.25. The van der Waals surface area contributed by atoms with Crippen LogP contribution in [0.2, 0.25) is 0 Å². The van der Waals surface area contributed by atoms with Crippen LogP contribution < -0.4 is 0 Å². The Balaban J connectivity index is 2.03. The van der Waals surface area contributed by atoms with Crippen LogP contribution in [-0.2, 0) is 9.53 Å². The van der Waals surface area contributed by atoms with Gasteiger partial charge in [-0.05, 0) is 44.9 Å². The maximum atomic E-state index is 12.1. The lowest BCUT2D eigenvalue weighted by atomic mass is 9.83. The molecule has 0 saturated heterocycles. The Hall–Kier alpha value is -0.790. The smallest absolute Gasteiger partial charge is 0.333 e. The molecule has 2 aliphatic carbocycles. The van der Waals surface area contributed by atoms with Crippen LogP contribution in [0.15, 0.2) is 12.2 Å². The molecular formula is C18H30O2. The van der Waals surface area contributed by atoms with Gasteiger partial charge in [0.25, 0.3) is 0 Å². The highest BCUT2D eigenvalue weighted by Crippen LogP contribution is 2.53. The van der Waals surface area contributed by atoms with Crippen molar-refractivity contribution >= 4 is 5.97 Å². The van der Waals surface area contributed by atoms with Crippen molar-refractivity contribution in [2.75, 3.05) is 0 Å². The van der Waals surface area contributed by atoms with E-state index in [2.05, 4.69) is 13.5 Å². The number of hydrogen-bond donors (Lipinski definition) is 0. The first-order chi connectivity index (χ1) is 9.59. The van der Waals surface area contributed by atoms with E-state index in [-0.39, 0.29) is 11.6 Å². The SMILES string of the molecule is C=C(C)C(=O)OC1(CCCCCC)CCC2CCCC21. The molecule has 3 unspecified atom stereocenters. The summed E-state index contributed by atoms with van der Waals surface area (Å²) in [6.07, 6.45) is 12.3. The topological polar surface area (TPSA) is 26.3 Å². The van der Waals surface area contributed by atoms with Crippen molar-refractivity contribution in [3.8, 4) is 0 Å². The van der Waals surface area contributed by atoms with Crippen LogP contribution in [0.3, 0.4) is 0 Å². The normalized spacial score (nSPS) is 32.1. The first kappa shape index (κ1) is 15.6. The van der Waals surface area contributed by atoms with Gasteiger partial charge in [0.2, 0.25) is 0 Å². The number of ether oxygens (including phenoxy) is 1. The maximum Gasteiger partial charge on any atom is 0.333 e. The van der Waals surface area contributed by atoms with Gasteiger partial charge in [-0.1, -0.05) is 45.6 Å². The van der Waals surface area contributed by atoms with E-state index in [1.54, 1.807) is 6.92 Å². The minimum atomic E-state index is -0.173. The molecule has 2 heteroatoms. The monoisotopic (exact) mass is 278 g/mol. The average Bonchev–Trinajstić information content (AvgIpc) is 2.99. The summed E-state index contributed by atoms with van der Waals surface area (Å²) in [5, 5.41) is 0. The molecule has 0 heterocycles. The molecule has 20 heavy (non-hydrogen) atoms. The van der Waals surface area contributed by atoms with Gasteiger partial charge in [0.15, 0.2) is 0 Å². The molecule has 2 rings (SSSR count). The lowest BCUT2D eigenvalue weighted by Crippen LogP contribution is -2.39. The van der Waals surface area contributed by atoms with E-state index < -0.39 is 0 Å². The van der Waals surface area contributed by atoms with Crippen molar-refractivity contribution in [3.05, 3.63) is 12.2 Å². The quantitative estimate of drug-likeness (QED) is 0.371. The number of rotatable bonds is 7. The van der Waals surface area contributed by atoms with Crippen LogP contribution in [-0.4, -0.2) is 11.6 Å². The Morgan fingerprint density at radius 2 is 2.05 bits per heavy atom. The number of carbonyl (C=O) groups excluding carboxylic acids is 1. The van der Waals surface area contributed by atoms with Crippen LogP contribution in [0.5, 0.6) is 0 Å². The number of esters is 1. The second kappa shape index (κ2) is 6.78. The van der Waals surface area contributed by atoms with E-state index in [0.717, 1.165) is 18.8 Å². The average molecular weight is 278 g/mol. The van der Waals surface area contributed by atoms with Crippen LogP contribution in [0, 0.1) is 11.8 Å². The standard InChI is InChI=1S/C18H30O2/c1-4-5-6-7-12-18(20-17(19)14(2)3)13-11-15-9-8-10-16(15)18/h15-16H,2,4-13H2,1,3H3. The van der Waals surface area contributed by atoms with Crippen molar-refractivity contribution in [1.82, 2.24) is 0 Å². The second-order valence-electron chi connectivity index (χ2n) is 6.88. The van der Waals surface area contributed by atoms with Crippen LogP contribution in [0.25, 0.3) is 0 Å². The van der Waals surface area contributed by atoms with Crippen molar-refractivity contribution in [1.29, 1.82) is 0 Å². The summed E-state index contributed by atoms with van der Waals surface area (Å²) >= 11 is 0. The van der Waals surface area contributed by atoms with Crippen LogP contribution >= 0.6 is 0 Å². The van der Waals surface area contributed by atoms with Crippen molar-refractivity contribution < 1.29 is 9.53 Å². The molecule has 2 saturated carbocycles. The van der Waals surface area contributed by atoms with Gasteiger partial charge in [0.05, 0.1) is 0 Å². The minimum absolute atomic E-state index is 0.162. The van der Waals surface area contributed by atoms with Crippen LogP contribution in [0.4, 0.5) is 0 Å². The Bertz CT molecular complexity index is 360. The minimum Gasteiger partial charge on any atom is -0.455 e. The molecule has 0 bridgehead atoms. The van der Waals surface area contributed by atoms with Gasteiger partial charge < -0.3 is 4.74 Å². The number of hydrogen-bond acceptors (Lipinski definition) is 2. The molecule has 0 amide bonds. The molecule has 0 aliphatic heterocycles. The van der Waals surface area contributed by atoms with E-state index in [9.17, 15) is 4.79 Å². The predicted octanol–water partition coefficient (Wildman–Crippen LogP) is 5.03. The van der Waals surface area contributed by atoms with E-state index in [4.69, 9.17) is 4.74 Å². The fraction of sp³-hybridized carbons (Fsp3) is 0.833. The highest BCUT2D eigenvalue weighted by atomic mass is 16.6. The highest BCUT2D eigenvalue weighted by molar-refractivity contribution is 5.87. The molecule has 2 aliphatic rings. The fourth-order valence-electron chi connectivity index (χ4n) is 4.30. The lowest BCUT2D eigenvalue weighted by molar-refractivity contribution is -0.160. The third-order valence-electron chi connectivity index (χ3n) is 5.37. The van der Waals surface area contributed by atoms with Gasteiger partial charge in [-0.2, -0.15) is 0 Å².